The fourth-order valence-electron chi connectivity index (χ4n) is 4.66. The van der Waals surface area contributed by atoms with Crippen molar-refractivity contribution in [2.45, 2.75) is 50.9 Å². The zero-order valence-electron chi connectivity index (χ0n) is 18.5. The van der Waals surface area contributed by atoms with Gasteiger partial charge in [0.1, 0.15) is 0 Å². The van der Waals surface area contributed by atoms with Crippen molar-refractivity contribution in [1.29, 1.82) is 0 Å². The molecule has 0 atom stereocenters. The minimum Gasteiger partial charge on any atom is -0.396 e. The number of nitrogens with zero attached hydrogens (tertiary/aromatic N) is 1. The molecule has 1 amide bonds. The summed E-state index contributed by atoms with van der Waals surface area (Å²) in [6, 6.07) is 16.0. The van der Waals surface area contributed by atoms with Crippen LogP contribution in [0.3, 0.4) is 0 Å². The third-order valence-electron chi connectivity index (χ3n) is 6.58. The maximum Gasteiger partial charge on any atom is 0.252 e. The Morgan fingerprint density at radius 1 is 1.12 bits per heavy atom. The number of hydrogen-bond donors (Lipinski definition) is 3. The number of carbonyl (C=O) groups excluding carboxylic acids is 1. The summed E-state index contributed by atoms with van der Waals surface area (Å²) in [6.07, 6.45) is 6.26. The Kier molecular flexibility index (Phi) is 6.97. The number of aliphatic hydroxyl groups is 1. The first kappa shape index (κ1) is 22.6. The molecule has 0 spiro atoms. The Morgan fingerprint density at radius 2 is 1.88 bits per heavy atom. The van der Waals surface area contributed by atoms with Crippen molar-refractivity contribution < 1.29 is 9.90 Å². The highest BCUT2D eigenvalue weighted by Crippen LogP contribution is 2.39. The van der Waals surface area contributed by atoms with Crippen LogP contribution in [0.1, 0.15) is 59.3 Å². The van der Waals surface area contributed by atoms with Crippen molar-refractivity contribution in [3.8, 4) is 11.3 Å². The van der Waals surface area contributed by atoms with Crippen LogP contribution in [-0.4, -0.2) is 34.4 Å². The van der Waals surface area contributed by atoms with Crippen LogP contribution in [-0.2, 0) is 11.8 Å². The summed E-state index contributed by atoms with van der Waals surface area (Å²) in [4.78, 5) is 13.2. The lowest BCUT2D eigenvalue weighted by atomic mass is 9.69. The van der Waals surface area contributed by atoms with Gasteiger partial charge >= 0.3 is 0 Å². The molecule has 0 saturated heterocycles. The van der Waals surface area contributed by atoms with Gasteiger partial charge in [-0.2, -0.15) is 5.10 Å². The highest BCUT2D eigenvalue weighted by molar-refractivity contribution is 6.34. The molecule has 5 nitrogen and oxygen atoms in total. The number of nitrogens with one attached hydrogen (secondary N) is 2. The van der Waals surface area contributed by atoms with Crippen molar-refractivity contribution in [3.63, 3.8) is 0 Å². The first-order valence-corrected chi connectivity index (χ1v) is 11.7. The molecule has 168 valence electrons. The second-order valence-electron chi connectivity index (χ2n) is 8.84. The molecule has 1 aliphatic rings. The maximum absolute atomic E-state index is 13.2. The Balaban J connectivity index is 1.54. The molecule has 0 aliphatic heterocycles. The van der Waals surface area contributed by atoms with Gasteiger partial charge in [-0.15, -0.1) is 0 Å². The lowest BCUT2D eigenvalue weighted by Crippen LogP contribution is -2.42. The largest absolute Gasteiger partial charge is 0.396 e. The van der Waals surface area contributed by atoms with E-state index in [0.29, 0.717) is 23.6 Å². The van der Waals surface area contributed by atoms with Gasteiger partial charge < -0.3 is 10.4 Å². The van der Waals surface area contributed by atoms with Gasteiger partial charge in [0, 0.05) is 36.2 Å². The number of halogens is 1. The van der Waals surface area contributed by atoms with E-state index < -0.39 is 0 Å². The molecule has 0 radical (unpaired) electrons. The summed E-state index contributed by atoms with van der Waals surface area (Å²) in [5, 5.41) is 19.9. The standard InChI is InChI=1S/C26H30ClN3O2/c1-18-5-8-20(9-6-18)26(12-3-2-4-13-26)17-28-25(32)22-15-19(7-10-23(22)27)24-16-21(11-14-31)29-30-24/h5-10,15-16,31H,2-4,11-14,17H2,1H3,(H,28,32)(H,29,30). The number of amides is 1. The predicted molar refractivity (Wildman–Crippen MR) is 128 cm³/mol. The monoisotopic (exact) mass is 451 g/mol. The zero-order valence-corrected chi connectivity index (χ0v) is 19.2. The number of carbonyl (C=O) groups is 1. The molecule has 3 N–H and O–H groups in total. The normalized spacial score (nSPS) is 15.5. The van der Waals surface area contributed by atoms with E-state index in [1.807, 2.05) is 12.1 Å². The highest BCUT2D eigenvalue weighted by atomic mass is 35.5. The minimum absolute atomic E-state index is 0.0346. The second kappa shape index (κ2) is 9.88. The van der Waals surface area contributed by atoms with Crippen LogP contribution < -0.4 is 5.32 Å². The number of hydrogen-bond acceptors (Lipinski definition) is 3. The number of rotatable bonds is 7. The van der Waals surface area contributed by atoms with E-state index >= 15 is 0 Å². The fraction of sp³-hybridized carbons (Fsp3) is 0.385. The van der Waals surface area contributed by atoms with Crippen LogP contribution in [0.15, 0.2) is 48.5 Å². The Bertz CT molecular complexity index is 1070. The Morgan fingerprint density at radius 3 is 2.59 bits per heavy atom. The molecule has 32 heavy (non-hydrogen) atoms. The molecule has 0 bridgehead atoms. The van der Waals surface area contributed by atoms with Gasteiger partial charge in [-0.25, -0.2) is 0 Å². The van der Waals surface area contributed by atoms with Crippen molar-refractivity contribution in [2.24, 2.45) is 0 Å². The second-order valence-corrected chi connectivity index (χ2v) is 9.24. The molecule has 4 rings (SSSR count). The van der Waals surface area contributed by atoms with Gasteiger partial charge in [-0.1, -0.05) is 66.8 Å². The summed E-state index contributed by atoms with van der Waals surface area (Å²) >= 11 is 6.40. The van der Waals surface area contributed by atoms with Crippen LogP contribution in [0.25, 0.3) is 11.3 Å². The third kappa shape index (κ3) is 4.89. The Hall–Kier alpha value is -2.63. The quantitative estimate of drug-likeness (QED) is 0.461. The smallest absolute Gasteiger partial charge is 0.252 e. The van der Waals surface area contributed by atoms with Gasteiger partial charge in [0.15, 0.2) is 0 Å². The van der Waals surface area contributed by atoms with E-state index in [2.05, 4.69) is 46.7 Å². The highest BCUT2D eigenvalue weighted by Gasteiger charge is 2.34. The van der Waals surface area contributed by atoms with Gasteiger partial charge in [0.2, 0.25) is 0 Å². The van der Waals surface area contributed by atoms with Gasteiger partial charge in [-0.3, -0.25) is 9.89 Å². The number of aromatic nitrogens is 2. The van der Waals surface area contributed by atoms with Crippen molar-refractivity contribution in [1.82, 2.24) is 15.5 Å². The zero-order chi connectivity index (χ0) is 22.6. The van der Waals surface area contributed by atoms with Gasteiger partial charge in [-0.05, 0) is 43.5 Å². The van der Waals surface area contributed by atoms with Gasteiger partial charge in [0.05, 0.1) is 16.3 Å². The van der Waals surface area contributed by atoms with Crippen molar-refractivity contribution >= 4 is 17.5 Å². The number of H-pyrrole nitrogens is 1. The molecule has 2 aromatic carbocycles. The van der Waals surface area contributed by atoms with Crippen LogP contribution in [0, 0.1) is 6.92 Å². The SMILES string of the molecule is Cc1ccc(C2(CNC(=O)c3cc(-c4cc(CCO)[nH]n4)ccc3Cl)CCCCC2)cc1. The molecule has 1 aromatic heterocycles. The minimum atomic E-state index is -0.167. The maximum atomic E-state index is 13.2. The average Bonchev–Trinajstić information content (AvgIpc) is 3.28. The van der Waals surface area contributed by atoms with Crippen LogP contribution >= 0.6 is 11.6 Å². The number of aryl methyl sites for hydroxylation is 1. The van der Waals surface area contributed by atoms with Gasteiger partial charge in [0.25, 0.3) is 5.91 Å². The molecule has 3 aromatic rings. The summed E-state index contributed by atoms with van der Waals surface area (Å²) in [7, 11) is 0. The van der Waals surface area contributed by atoms with Crippen LogP contribution in [0.2, 0.25) is 5.02 Å². The molecule has 1 heterocycles. The lowest BCUT2D eigenvalue weighted by molar-refractivity contribution is 0.0937. The molecular weight excluding hydrogens is 422 g/mol. The van der Waals surface area contributed by atoms with Crippen molar-refractivity contribution in [2.75, 3.05) is 13.2 Å². The van der Waals surface area contributed by atoms with E-state index in [9.17, 15) is 4.79 Å². The summed E-state index contributed by atoms with van der Waals surface area (Å²) in [5.74, 6) is -0.167. The predicted octanol–water partition coefficient (Wildman–Crippen LogP) is 5.21. The number of aromatic amines is 1. The fourth-order valence-corrected chi connectivity index (χ4v) is 4.87. The van der Waals surface area contributed by atoms with Crippen LogP contribution in [0.4, 0.5) is 0 Å². The molecule has 6 heteroatoms. The van der Waals surface area contributed by atoms with E-state index in [1.165, 1.54) is 30.4 Å². The summed E-state index contributed by atoms with van der Waals surface area (Å²) < 4.78 is 0. The topological polar surface area (TPSA) is 78.0 Å². The molecule has 1 fully saturated rings. The first-order valence-electron chi connectivity index (χ1n) is 11.3. The Labute approximate surface area is 194 Å². The summed E-state index contributed by atoms with van der Waals surface area (Å²) in [5.41, 5.74) is 5.34. The third-order valence-corrected chi connectivity index (χ3v) is 6.91. The molecule has 1 saturated carbocycles. The van der Waals surface area contributed by atoms with Crippen LogP contribution in [0.5, 0.6) is 0 Å². The molecular formula is C26H30ClN3O2. The number of benzene rings is 2. The molecule has 1 aliphatic carbocycles. The number of aliphatic hydroxyl groups excluding tert-OH is 1. The van der Waals surface area contributed by atoms with E-state index in [4.69, 9.17) is 16.7 Å². The average molecular weight is 452 g/mol. The van der Waals surface area contributed by atoms with Crippen molar-refractivity contribution in [3.05, 3.63) is 75.9 Å². The van der Waals surface area contributed by atoms with E-state index in [1.54, 1.807) is 12.1 Å². The van der Waals surface area contributed by atoms with E-state index in [0.717, 1.165) is 29.8 Å². The lowest BCUT2D eigenvalue weighted by Gasteiger charge is -2.38. The first-order chi connectivity index (χ1) is 15.5. The summed E-state index contributed by atoms with van der Waals surface area (Å²) in [6.45, 7) is 2.75. The van der Waals surface area contributed by atoms with E-state index in [-0.39, 0.29) is 17.9 Å². The molecule has 0 unspecified atom stereocenters.